The first kappa shape index (κ1) is 12.7. The Kier molecular flexibility index (Phi) is 3.69. The van der Waals surface area contributed by atoms with E-state index in [2.05, 4.69) is 0 Å². The van der Waals surface area contributed by atoms with Crippen molar-refractivity contribution in [2.45, 2.75) is 19.8 Å². The largest absolute Gasteiger partial charge is 0.469 e. The summed E-state index contributed by atoms with van der Waals surface area (Å²) in [6, 6.07) is 3.49. The van der Waals surface area contributed by atoms with Crippen LogP contribution in [0.3, 0.4) is 0 Å². The molecule has 0 amide bonds. The molecule has 98 valence electrons. The van der Waals surface area contributed by atoms with Crippen LogP contribution in [0.4, 0.5) is 5.88 Å². The molecule has 5 nitrogen and oxygen atoms in total. The number of piperidine rings is 1. The molecular weight excluding hydrogens is 234 g/mol. The third kappa shape index (κ3) is 2.55. The first-order chi connectivity index (χ1) is 8.61. The maximum Gasteiger partial charge on any atom is 0.308 e. The highest BCUT2D eigenvalue weighted by Crippen LogP contribution is 2.25. The fourth-order valence-electron chi connectivity index (χ4n) is 2.19. The maximum atomic E-state index is 11.4. The molecule has 0 radical (unpaired) electrons. The monoisotopic (exact) mass is 251 g/mol. The number of carbonyl (C=O) groups is 2. The van der Waals surface area contributed by atoms with Gasteiger partial charge in [-0.2, -0.15) is 0 Å². The van der Waals surface area contributed by atoms with Crippen LogP contribution in [0.15, 0.2) is 16.5 Å². The Morgan fingerprint density at radius 1 is 1.33 bits per heavy atom. The van der Waals surface area contributed by atoms with Crippen molar-refractivity contribution in [3.05, 3.63) is 17.9 Å². The second-order valence-electron chi connectivity index (χ2n) is 4.48. The minimum absolute atomic E-state index is 0.0199. The van der Waals surface area contributed by atoms with Gasteiger partial charge >= 0.3 is 5.97 Å². The molecule has 1 aromatic heterocycles. The van der Waals surface area contributed by atoms with E-state index in [4.69, 9.17) is 9.15 Å². The standard InChI is InChI=1S/C13H17NO4/c1-9(15)11-3-4-12(18-11)14-7-5-10(6-8-14)13(16)17-2/h3-4,10H,5-8H2,1-2H3. The molecule has 18 heavy (non-hydrogen) atoms. The first-order valence-electron chi connectivity index (χ1n) is 6.05. The van der Waals surface area contributed by atoms with Crippen molar-refractivity contribution in [2.24, 2.45) is 5.92 Å². The molecule has 1 aliphatic heterocycles. The predicted molar refractivity (Wildman–Crippen MR) is 65.7 cm³/mol. The normalized spacial score (nSPS) is 16.7. The Morgan fingerprint density at radius 3 is 2.50 bits per heavy atom. The third-order valence-corrected chi connectivity index (χ3v) is 3.28. The first-order valence-corrected chi connectivity index (χ1v) is 6.05. The molecular formula is C13H17NO4. The number of methoxy groups -OCH3 is 1. The van der Waals surface area contributed by atoms with E-state index in [-0.39, 0.29) is 17.7 Å². The van der Waals surface area contributed by atoms with E-state index in [0.717, 1.165) is 25.9 Å². The number of anilines is 1. The summed E-state index contributed by atoms with van der Waals surface area (Å²) >= 11 is 0. The fourth-order valence-corrected chi connectivity index (χ4v) is 2.19. The molecule has 0 spiro atoms. The van der Waals surface area contributed by atoms with Gasteiger partial charge in [-0.3, -0.25) is 9.59 Å². The Labute approximate surface area is 106 Å². The van der Waals surface area contributed by atoms with E-state index in [0.29, 0.717) is 11.6 Å². The molecule has 2 rings (SSSR count). The van der Waals surface area contributed by atoms with Gasteiger partial charge in [-0.25, -0.2) is 0 Å². The topological polar surface area (TPSA) is 59.8 Å². The molecule has 0 atom stereocenters. The predicted octanol–water partition coefficient (Wildman–Crippen LogP) is 1.87. The Balaban J connectivity index is 1.96. The Hall–Kier alpha value is -1.78. The van der Waals surface area contributed by atoms with Crippen molar-refractivity contribution in [3.8, 4) is 0 Å². The van der Waals surface area contributed by atoms with E-state index >= 15 is 0 Å². The van der Waals surface area contributed by atoms with Gasteiger partial charge in [0.1, 0.15) is 0 Å². The lowest BCUT2D eigenvalue weighted by molar-refractivity contribution is -0.146. The highest BCUT2D eigenvalue weighted by molar-refractivity contribution is 5.91. The van der Waals surface area contributed by atoms with Gasteiger partial charge in [0.25, 0.3) is 0 Å². The lowest BCUT2D eigenvalue weighted by Gasteiger charge is -2.30. The lowest BCUT2D eigenvalue weighted by atomic mass is 9.97. The van der Waals surface area contributed by atoms with Crippen molar-refractivity contribution < 1.29 is 18.7 Å². The fraction of sp³-hybridized carbons (Fsp3) is 0.538. The van der Waals surface area contributed by atoms with Gasteiger partial charge in [0.15, 0.2) is 17.4 Å². The van der Waals surface area contributed by atoms with E-state index in [9.17, 15) is 9.59 Å². The molecule has 2 heterocycles. The second-order valence-corrected chi connectivity index (χ2v) is 4.48. The minimum Gasteiger partial charge on any atom is -0.469 e. The molecule has 0 unspecified atom stereocenters. The highest BCUT2D eigenvalue weighted by atomic mass is 16.5. The summed E-state index contributed by atoms with van der Waals surface area (Å²) in [6.07, 6.45) is 1.51. The zero-order chi connectivity index (χ0) is 13.1. The van der Waals surface area contributed by atoms with Crippen molar-refractivity contribution >= 4 is 17.6 Å². The number of ketones is 1. The molecule has 0 N–H and O–H groups in total. The van der Waals surface area contributed by atoms with Gasteiger partial charge in [-0.1, -0.05) is 0 Å². The average molecular weight is 251 g/mol. The zero-order valence-electron chi connectivity index (χ0n) is 10.6. The number of esters is 1. The third-order valence-electron chi connectivity index (χ3n) is 3.28. The quantitative estimate of drug-likeness (QED) is 0.606. The molecule has 0 aromatic carbocycles. The smallest absolute Gasteiger partial charge is 0.308 e. The van der Waals surface area contributed by atoms with E-state index in [1.165, 1.54) is 14.0 Å². The molecule has 0 bridgehead atoms. The van der Waals surface area contributed by atoms with Crippen LogP contribution in [0.25, 0.3) is 0 Å². The second kappa shape index (κ2) is 5.25. The molecule has 1 saturated heterocycles. The number of furan rings is 1. The Bertz CT molecular complexity index is 444. The molecule has 1 aromatic rings. The molecule has 1 aliphatic rings. The number of rotatable bonds is 3. The summed E-state index contributed by atoms with van der Waals surface area (Å²) in [7, 11) is 1.42. The van der Waals surface area contributed by atoms with Crippen LogP contribution in [0.5, 0.6) is 0 Å². The number of Topliss-reactive ketones (excluding diaryl/α,β-unsaturated/α-hetero) is 1. The Morgan fingerprint density at radius 2 is 2.00 bits per heavy atom. The number of nitrogens with zero attached hydrogens (tertiary/aromatic N) is 1. The summed E-state index contributed by atoms with van der Waals surface area (Å²) in [5.74, 6) is 0.835. The van der Waals surface area contributed by atoms with Gasteiger partial charge in [-0.15, -0.1) is 0 Å². The van der Waals surface area contributed by atoms with Gasteiger partial charge in [0.2, 0.25) is 0 Å². The van der Waals surface area contributed by atoms with Crippen molar-refractivity contribution in [1.82, 2.24) is 0 Å². The summed E-state index contributed by atoms with van der Waals surface area (Å²) in [4.78, 5) is 24.6. The molecule has 5 heteroatoms. The summed E-state index contributed by atoms with van der Waals surface area (Å²) in [5, 5.41) is 0. The highest BCUT2D eigenvalue weighted by Gasteiger charge is 2.26. The number of hydrogen-bond donors (Lipinski definition) is 0. The van der Waals surface area contributed by atoms with Crippen molar-refractivity contribution in [1.29, 1.82) is 0 Å². The lowest BCUT2D eigenvalue weighted by Crippen LogP contribution is -2.36. The van der Waals surface area contributed by atoms with Crippen molar-refractivity contribution in [3.63, 3.8) is 0 Å². The van der Waals surface area contributed by atoms with Gasteiger partial charge in [-0.05, 0) is 18.9 Å². The van der Waals surface area contributed by atoms with Crippen LogP contribution in [-0.4, -0.2) is 32.0 Å². The molecule has 0 saturated carbocycles. The zero-order valence-corrected chi connectivity index (χ0v) is 10.6. The van der Waals surface area contributed by atoms with Gasteiger partial charge in [0, 0.05) is 26.1 Å². The SMILES string of the molecule is COC(=O)C1CCN(c2ccc(C(C)=O)o2)CC1. The van der Waals surface area contributed by atoms with E-state index in [1.807, 2.05) is 4.90 Å². The van der Waals surface area contributed by atoms with Crippen LogP contribution in [0.2, 0.25) is 0 Å². The summed E-state index contributed by atoms with van der Waals surface area (Å²) in [5.41, 5.74) is 0. The average Bonchev–Trinajstić information content (AvgIpc) is 2.88. The van der Waals surface area contributed by atoms with Crippen LogP contribution in [-0.2, 0) is 9.53 Å². The van der Waals surface area contributed by atoms with Crippen LogP contribution >= 0.6 is 0 Å². The van der Waals surface area contributed by atoms with Crippen molar-refractivity contribution in [2.75, 3.05) is 25.1 Å². The maximum absolute atomic E-state index is 11.4. The van der Waals surface area contributed by atoms with E-state index < -0.39 is 0 Å². The number of hydrogen-bond acceptors (Lipinski definition) is 5. The van der Waals surface area contributed by atoms with Crippen LogP contribution in [0.1, 0.15) is 30.3 Å². The number of ether oxygens (including phenoxy) is 1. The summed E-state index contributed by atoms with van der Waals surface area (Å²) < 4.78 is 10.2. The molecule has 1 fully saturated rings. The minimum atomic E-state index is -0.140. The molecule has 0 aliphatic carbocycles. The summed E-state index contributed by atoms with van der Waals surface area (Å²) in [6.45, 7) is 2.96. The van der Waals surface area contributed by atoms with E-state index in [1.54, 1.807) is 12.1 Å². The van der Waals surface area contributed by atoms with Crippen LogP contribution < -0.4 is 4.90 Å². The van der Waals surface area contributed by atoms with Gasteiger partial charge < -0.3 is 14.1 Å². The van der Waals surface area contributed by atoms with Gasteiger partial charge in [0.05, 0.1) is 13.0 Å². The van der Waals surface area contributed by atoms with Crippen LogP contribution in [0, 0.1) is 5.92 Å². The number of carbonyl (C=O) groups excluding carboxylic acids is 2.